The lowest BCUT2D eigenvalue weighted by Crippen LogP contribution is -2.07. The number of aromatic nitrogens is 2. The molecule has 0 radical (unpaired) electrons. The van der Waals surface area contributed by atoms with Crippen molar-refractivity contribution in [3.8, 4) is 0 Å². The molecule has 1 atom stereocenters. The lowest BCUT2D eigenvalue weighted by Gasteiger charge is -2.07. The second-order valence-electron chi connectivity index (χ2n) is 5.09. The fourth-order valence-corrected chi connectivity index (χ4v) is 3.94. The maximum atomic E-state index is 12.9. The number of hydrogen-bond acceptors (Lipinski definition) is 2. The molecule has 5 heteroatoms. The highest BCUT2D eigenvalue weighted by atomic mass is 79.9. The summed E-state index contributed by atoms with van der Waals surface area (Å²) in [5.41, 5.74) is 4.00. The maximum Gasteiger partial charge on any atom is 0.158 e. The zero-order chi connectivity index (χ0) is 15.1. The lowest BCUT2D eigenvalue weighted by molar-refractivity contribution is 0.677. The number of pyridine rings is 1. The van der Waals surface area contributed by atoms with E-state index < -0.39 is 11.0 Å². The summed E-state index contributed by atoms with van der Waals surface area (Å²) in [6, 6.07) is 9.79. The Hall–Kier alpha value is -1.46. The van der Waals surface area contributed by atoms with Crippen molar-refractivity contribution in [2.75, 3.05) is 0 Å². The van der Waals surface area contributed by atoms with Crippen molar-refractivity contribution < 1.29 is 4.21 Å². The van der Waals surface area contributed by atoms with Gasteiger partial charge in [0.1, 0.15) is 0 Å². The largest absolute Gasteiger partial charge is 0.243 e. The second kappa shape index (κ2) is 5.39. The highest BCUT2D eigenvalue weighted by molar-refractivity contribution is 9.10. The fourth-order valence-electron chi connectivity index (χ4n) is 2.34. The Labute approximate surface area is 134 Å². The van der Waals surface area contributed by atoms with E-state index in [1.807, 2.05) is 55.1 Å². The van der Waals surface area contributed by atoms with Crippen LogP contribution < -0.4 is 0 Å². The van der Waals surface area contributed by atoms with E-state index in [4.69, 9.17) is 0 Å². The third kappa shape index (κ3) is 2.45. The molecular formula is C16H15BrN2OS. The molecule has 0 saturated heterocycles. The minimum atomic E-state index is -1.29. The van der Waals surface area contributed by atoms with Crippen molar-refractivity contribution in [2.45, 2.75) is 25.7 Å². The van der Waals surface area contributed by atoms with E-state index in [9.17, 15) is 4.21 Å². The Kier molecular flexibility index (Phi) is 3.71. The normalized spacial score (nSPS) is 12.8. The zero-order valence-electron chi connectivity index (χ0n) is 12.1. The molecule has 0 N–H and O–H groups in total. The Bertz CT molecular complexity index is 853. The number of rotatable bonds is 2. The van der Waals surface area contributed by atoms with Crippen LogP contribution in [0.1, 0.15) is 16.8 Å². The van der Waals surface area contributed by atoms with Gasteiger partial charge in [0.2, 0.25) is 0 Å². The van der Waals surface area contributed by atoms with E-state index in [0.29, 0.717) is 0 Å². The molecule has 0 aliphatic heterocycles. The first-order valence-electron chi connectivity index (χ1n) is 6.61. The summed E-state index contributed by atoms with van der Waals surface area (Å²) in [4.78, 5) is 5.23. The summed E-state index contributed by atoms with van der Waals surface area (Å²) in [5.74, 6) is 0. The van der Waals surface area contributed by atoms with Gasteiger partial charge in [-0.15, -0.1) is 0 Å². The van der Waals surface area contributed by atoms with E-state index >= 15 is 0 Å². The Morgan fingerprint density at radius 3 is 2.48 bits per heavy atom. The molecule has 0 spiro atoms. The van der Waals surface area contributed by atoms with Crippen LogP contribution in [-0.4, -0.2) is 13.2 Å². The van der Waals surface area contributed by atoms with Crippen molar-refractivity contribution in [3.05, 3.63) is 57.8 Å². The minimum Gasteiger partial charge on any atom is -0.243 e. The number of benzene rings is 1. The van der Waals surface area contributed by atoms with Gasteiger partial charge in [-0.2, -0.15) is 0 Å². The van der Waals surface area contributed by atoms with Gasteiger partial charge in [0.15, 0.2) is 16.6 Å². The number of halogens is 1. The topological polar surface area (TPSA) is 34.9 Å². The van der Waals surface area contributed by atoms with Crippen LogP contribution in [0.4, 0.5) is 0 Å². The highest BCUT2D eigenvalue weighted by Gasteiger charge is 2.18. The third-order valence-corrected chi connectivity index (χ3v) is 5.55. The number of hydrogen-bond donors (Lipinski definition) is 0. The molecule has 0 amide bonds. The zero-order valence-corrected chi connectivity index (χ0v) is 14.5. The van der Waals surface area contributed by atoms with Crippen LogP contribution >= 0.6 is 15.9 Å². The van der Waals surface area contributed by atoms with E-state index in [1.165, 1.54) is 0 Å². The maximum absolute atomic E-state index is 12.9. The molecule has 1 aromatic carbocycles. The standard InChI is InChI=1S/C16H15BrN2OS/c1-10-4-6-14(7-5-10)21(20)19-12(3)11(2)15-8-13(17)9-18-16(15)19/h4-9H,1-3H3. The van der Waals surface area contributed by atoms with Crippen LogP contribution in [-0.2, 0) is 11.0 Å². The van der Waals surface area contributed by atoms with Crippen LogP contribution in [0, 0.1) is 20.8 Å². The molecule has 0 saturated carbocycles. The fraction of sp³-hybridized carbons (Fsp3) is 0.188. The molecule has 2 heterocycles. The van der Waals surface area contributed by atoms with Crippen molar-refractivity contribution in [1.29, 1.82) is 0 Å². The summed E-state index contributed by atoms with van der Waals surface area (Å²) < 4.78 is 15.6. The van der Waals surface area contributed by atoms with Crippen molar-refractivity contribution in [2.24, 2.45) is 0 Å². The molecular weight excluding hydrogens is 348 g/mol. The van der Waals surface area contributed by atoms with E-state index in [2.05, 4.69) is 20.9 Å². The average Bonchev–Trinajstić information content (AvgIpc) is 2.71. The quantitative estimate of drug-likeness (QED) is 0.681. The van der Waals surface area contributed by atoms with Gasteiger partial charge >= 0.3 is 0 Å². The Balaban J connectivity index is 2.22. The van der Waals surface area contributed by atoms with Crippen LogP contribution in [0.2, 0.25) is 0 Å². The predicted molar refractivity (Wildman–Crippen MR) is 89.9 cm³/mol. The third-order valence-electron chi connectivity index (χ3n) is 3.67. The van der Waals surface area contributed by atoms with Crippen LogP contribution in [0.3, 0.4) is 0 Å². The molecule has 0 bridgehead atoms. The predicted octanol–water partition coefficient (Wildman–Crippen LogP) is 4.29. The van der Waals surface area contributed by atoms with Gasteiger partial charge in [-0.25, -0.2) is 13.2 Å². The molecule has 0 aliphatic carbocycles. The molecule has 108 valence electrons. The molecule has 21 heavy (non-hydrogen) atoms. The van der Waals surface area contributed by atoms with Crippen molar-refractivity contribution in [3.63, 3.8) is 0 Å². The second-order valence-corrected chi connectivity index (χ2v) is 7.34. The van der Waals surface area contributed by atoms with Gasteiger partial charge < -0.3 is 0 Å². The van der Waals surface area contributed by atoms with Crippen LogP contribution in [0.15, 0.2) is 45.9 Å². The number of aryl methyl sites for hydroxylation is 2. The van der Waals surface area contributed by atoms with Gasteiger partial charge in [0.25, 0.3) is 0 Å². The molecule has 0 fully saturated rings. The summed E-state index contributed by atoms with van der Waals surface area (Å²) in [7, 11) is -1.29. The summed E-state index contributed by atoms with van der Waals surface area (Å²) in [6.45, 7) is 6.04. The molecule has 3 aromatic rings. The molecule has 1 unspecified atom stereocenters. The van der Waals surface area contributed by atoms with Gasteiger partial charge in [0.05, 0.1) is 4.90 Å². The minimum absolute atomic E-state index is 0.757. The summed E-state index contributed by atoms with van der Waals surface area (Å²) in [6.07, 6.45) is 1.74. The first-order valence-corrected chi connectivity index (χ1v) is 8.51. The number of fused-ring (bicyclic) bond motifs is 1. The molecule has 3 rings (SSSR count). The Morgan fingerprint density at radius 2 is 1.81 bits per heavy atom. The average molecular weight is 363 g/mol. The van der Waals surface area contributed by atoms with Gasteiger partial charge in [-0.1, -0.05) is 17.7 Å². The van der Waals surface area contributed by atoms with E-state index in [1.54, 1.807) is 6.20 Å². The lowest BCUT2D eigenvalue weighted by atomic mass is 10.2. The smallest absolute Gasteiger partial charge is 0.158 e. The molecule has 0 aliphatic rings. The number of nitrogens with zero attached hydrogens (tertiary/aromatic N) is 2. The molecule has 3 nitrogen and oxygen atoms in total. The van der Waals surface area contributed by atoms with Crippen molar-refractivity contribution >= 4 is 37.9 Å². The SMILES string of the molecule is Cc1ccc(S(=O)n2c(C)c(C)c3cc(Br)cnc32)cc1. The van der Waals surface area contributed by atoms with Crippen LogP contribution in [0.5, 0.6) is 0 Å². The van der Waals surface area contributed by atoms with E-state index in [0.717, 1.165) is 37.2 Å². The first-order chi connectivity index (χ1) is 9.99. The summed E-state index contributed by atoms with van der Waals surface area (Å²) >= 11 is 3.44. The summed E-state index contributed by atoms with van der Waals surface area (Å²) in [5, 5.41) is 1.03. The van der Waals surface area contributed by atoms with Crippen LogP contribution in [0.25, 0.3) is 11.0 Å². The highest BCUT2D eigenvalue weighted by Crippen LogP contribution is 2.28. The van der Waals surface area contributed by atoms with Gasteiger partial charge in [-0.05, 0) is 60.5 Å². The Morgan fingerprint density at radius 1 is 1.14 bits per heavy atom. The molecule has 2 aromatic heterocycles. The van der Waals surface area contributed by atoms with Gasteiger partial charge in [-0.3, -0.25) is 0 Å². The monoisotopic (exact) mass is 362 g/mol. The van der Waals surface area contributed by atoms with E-state index in [-0.39, 0.29) is 0 Å². The van der Waals surface area contributed by atoms with Crippen molar-refractivity contribution in [1.82, 2.24) is 8.96 Å². The van der Waals surface area contributed by atoms with Gasteiger partial charge in [0, 0.05) is 21.7 Å². The first kappa shape index (κ1) is 14.5.